The zero-order valence-corrected chi connectivity index (χ0v) is 17.2. The average molecular weight is 399 g/mol. The van der Waals surface area contributed by atoms with Gasteiger partial charge < -0.3 is 19.5 Å². The fourth-order valence-electron chi connectivity index (χ4n) is 3.82. The molecule has 6 heteroatoms. The van der Waals surface area contributed by atoms with E-state index in [-0.39, 0.29) is 18.6 Å². The predicted molar refractivity (Wildman–Crippen MR) is 112 cm³/mol. The second-order valence-electron chi connectivity index (χ2n) is 7.33. The lowest BCUT2D eigenvalue weighted by Crippen LogP contribution is -2.44. The highest BCUT2D eigenvalue weighted by Gasteiger charge is 2.27. The summed E-state index contributed by atoms with van der Waals surface area (Å²) in [6, 6.07) is 15.7. The van der Waals surface area contributed by atoms with Crippen molar-refractivity contribution < 1.29 is 19.4 Å². The summed E-state index contributed by atoms with van der Waals surface area (Å²) in [5.41, 5.74) is 2.25. The molecule has 1 heterocycles. The van der Waals surface area contributed by atoms with Crippen molar-refractivity contribution in [3.63, 3.8) is 0 Å². The Kier molecular flexibility index (Phi) is 7.49. The normalized spacial score (nSPS) is 16.4. The first-order valence-electron chi connectivity index (χ1n) is 10.0. The van der Waals surface area contributed by atoms with Gasteiger partial charge in [-0.2, -0.15) is 0 Å². The second-order valence-corrected chi connectivity index (χ2v) is 7.33. The van der Waals surface area contributed by atoms with Crippen LogP contribution in [-0.2, 0) is 17.8 Å². The fourth-order valence-corrected chi connectivity index (χ4v) is 3.82. The smallest absolute Gasteiger partial charge is 0.224 e. The highest BCUT2D eigenvalue weighted by Crippen LogP contribution is 2.28. The van der Waals surface area contributed by atoms with Crippen LogP contribution < -0.4 is 9.47 Å². The van der Waals surface area contributed by atoms with Gasteiger partial charge in [-0.05, 0) is 29.7 Å². The van der Waals surface area contributed by atoms with Crippen molar-refractivity contribution >= 4 is 5.91 Å². The first kappa shape index (κ1) is 21.1. The number of rotatable bonds is 8. The van der Waals surface area contributed by atoms with Gasteiger partial charge in [-0.25, -0.2) is 0 Å². The van der Waals surface area contributed by atoms with E-state index >= 15 is 0 Å². The summed E-state index contributed by atoms with van der Waals surface area (Å²) in [6.07, 6.45) is 1.12. The Hall–Kier alpha value is -2.57. The topological polar surface area (TPSA) is 62.2 Å². The van der Waals surface area contributed by atoms with Crippen LogP contribution in [0.1, 0.15) is 17.5 Å². The molecule has 2 aromatic carbocycles. The monoisotopic (exact) mass is 398 g/mol. The van der Waals surface area contributed by atoms with E-state index in [1.54, 1.807) is 14.2 Å². The minimum atomic E-state index is -0.189. The molecule has 6 nitrogen and oxygen atoms in total. The van der Waals surface area contributed by atoms with Crippen molar-refractivity contribution in [2.24, 2.45) is 0 Å². The number of amides is 1. The lowest BCUT2D eigenvalue weighted by Gasteiger charge is -2.30. The molecule has 1 fully saturated rings. The number of hydrogen-bond donors (Lipinski definition) is 1. The standard InChI is InChI=1S/C23H30N2O4/c1-28-21-9-8-19(15-22(21)29-2)16-24-11-10-23(27)25(13-12-24)20(17-26)14-18-6-4-3-5-7-18/h3-9,15,20,26H,10-14,16-17H2,1-2H3. The van der Waals surface area contributed by atoms with E-state index in [0.717, 1.165) is 24.2 Å². The van der Waals surface area contributed by atoms with E-state index < -0.39 is 0 Å². The number of aliphatic hydroxyl groups is 1. The van der Waals surface area contributed by atoms with E-state index in [9.17, 15) is 9.90 Å². The molecule has 0 radical (unpaired) electrons. The Morgan fingerprint density at radius 3 is 2.41 bits per heavy atom. The summed E-state index contributed by atoms with van der Waals surface area (Å²) in [4.78, 5) is 16.9. The van der Waals surface area contributed by atoms with Crippen molar-refractivity contribution in [1.29, 1.82) is 0 Å². The first-order valence-corrected chi connectivity index (χ1v) is 10.0. The number of ether oxygens (including phenoxy) is 2. The molecule has 1 aliphatic rings. The zero-order chi connectivity index (χ0) is 20.6. The van der Waals surface area contributed by atoms with Gasteiger partial charge in [-0.1, -0.05) is 36.4 Å². The predicted octanol–water partition coefficient (Wildman–Crippen LogP) is 2.34. The lowest BCUT2D eigenvalue weighted by atomic mass is 10.0. The fraction of sp³-hybridized carbons (Fsp3) is 0.435. The number of methoxy groups -OCH3 is 2. The summed E-state index contributed by atoms with van der Waals surface area (Å²) in [6.45, 7) is 2.79. The van der Waals surface area contributed by atoms with Crippen LogP contribution in [0.15, 0.2) is 48.5 Å². The van der Waals surface area contributed by atoms with Gasteiger partial charge >= 0.3 is 0 Å². The molecule has 3 rings (SSSR count). The number of nitrogens with zero attached hydrogens (tertiary/aromatic N) is 2. The van der Waals surface area contributed by atoms with Crippen LogP contribution >= 0.6 is 0 Å². The highest BCUT2D eigenvalue weighted by molar-refractivity contribution is 5.77. The Labute approximate surface area is 172 Å². The molecule has 0 spiro atoms. The molecule has 2 aromatic rings. The summed E-state index contributed by atoms with van der Waals surface area (Å²) in [5, 5.41) is 9.92. The molecule has 0 saturated carbocycles. The molecule has 1 N–H and O–H groups in total. The van der Waals surface area contributed by atoms with Crippen LogP contribution in [0.2, 0.25) is 0 Å². The summed E-state index contributed by atoms with van der Waals surface area (Å²) >= 11 is 0. The van der Waals surface area contributed by atoms with Gasteiger partial charge in [0.05, 0.1) is 26.9 Å². The maximum Gasteiger partial charge on any atom is 0.224 e. The molecule has 1 saturated heterocycles. The largest absolute Gasteiger partial charge is 0.493 e. The van der Waals surface area contributed by atoms with E-state index in [0.29, 0.717) is 37.4 Å². The SMILES string of the molecule is COc1ccc(CN2CCC(=O)N(C(CO)Cc3ccccc3)CC2)cc1OC. The van der Waals surface area contributed by atoms with Gasteiger partial charge in [0, 0.05) is 32.6 Å². The lowest BCUT2D eigenvalue weighted by molar-refractivity contribution is -0.133. The Balaban J connectivity index is 1.64. The van der Waals surface area contributed by atoms with Gasteiger partial charge in [0.15, 0.2) is 11.5 Å². The Bertz CT molecular complexity index is 797. The van der Waals surface area contributed by atoms with Gasteiger partial charge in [-0.3, -0.25) is 9.69 Å². The maximum absolute atomic E-state index is 12.7. The summed E-state index contributed by atoms with van der Waals surface area (Å²) < 4.78 is 10.7. The van der Waals surface area contributed by atoms with Crippen molar-refractivity contribution in [3.05, 3.63) is 59.7 Å². The van der Waals surface area contributed by atoms with Crippen molar-refractivity contribution in [1.82, 2.24) is 9.80 Å². The molecule has 156 valence electrons. The average Bonchev–Trinajstić information content (AvgIpc) is 2.94. The van der Waals surface area contributed by atoms with Gasteiger partial charge in [0.25, 0.3) is 0 Å². The van der Waals surface area contributed by atoms with Crippen LogP contribution in [0.3, 0.4) is 0 Å². The molecule has 1 aliphatic heterocycles. The summed E-state index contributed by atoms with van der Waals surface area (Å²) in [5.74, 6) is 1.52. The third-order valence-corrected chi connectivity index (χ3v) is 5.44. The number of aliphatic hydroxyl groups excluding tert-OH is 1. The van der Waals surface area contributed by atoms with Gasteiger partial charge in [0.1, 0.15) is 0 Å². The maximum atomic E-state index is 12.7. The van der Waals surface area contributed by atoms with Crippen molar-refractivity contribution in [2.45, 2.75) is 25.4 Å². The molecule has 1 unspecified atom stereocenters. The van der Waals surface area contributed by atoms with Crippen LogP contribution in [0.25, 0.3) is 0 Å². The minimum Gasteiger partial charge on any atom is -0.493 e. The molecule has 29 heavy (non-hydrogen) atoms. The molecule has 1 atom stereocenters. The first-order chi connectivity index (χ1) is 14.1. The zero-order valence-electron chi connectivity index (χ0n) is 17.2. The molecule has 0 bridgehead atoms. The van der Waals surface area contributed by atoms with Gasteiger partial charge in [0.2, 0.25) is 5.91 Å². The second kappa shape index (κ2) is 10.3. The van der Waals surface area contributed by atoms with Crippen LogP contribution in [0.5, 0.6) is 11.5 Å². The molecular formula is C23H30N2O4. The highest BCUT2D eigenvalue weighted by atomic mass is 16.5. The molecule has 1 amide bonds. The summed E-state index contributed by atoms with van der Waals surface area (Å²) in [7, 11) is 3.26. The molecule has 0 aromatic heterocycles. The van der Waals surface area contributed by atoms with E-state index in [2.05, 4.69) is 4.90 Å². The number of benzene rings is 2. The van der Waals surface area contributed by atoms with Crippen LogP contribution in [0, 0.1) is 0 Å². The minimum absolute atomic E-state index is 0.0314. The van der Waals surface area contributed by atoms with E-state index in [4.69, 9.17) is 9.47 Å². The number of hydrogen-bond acceptors (Lipinski definition) is 5. The molecular weight excluding hydrogens is 368 g/mol. The quantitative estimate of drug-likeness (QED) is 0.740. The number of carbonyl (C=O) groups excluding carboxylic acids is 1. The van der Waals surface area contributed by atoms with Crippen molar-refractivity contribution in [3.8, 4) is 11.5 Å². The van der Waals surface area contributed by atoms with E-state index in [1.165, 1.54) is 0 Å². The Morgan fingerprint density at radius 2 is 1.72 bits per heavy atom. The Morgan fingerprint density at radius 1 is 0.966 bits per heavy atom. The third-order valence-electron chi connectivity index (χ3n) is 5.44. The van der Waals surface area contributed by atoms with Crippen molar-refractivity contribution in [2.75, 3.05) is 40.5 Å². The van der Waals surface area contributed by atoms with Gasteiger partial charge in [-0.15, -0.1) is 0 Å². The third kappa shape index (κ3) is 5.49. The van der Waals surface area contributed by atoms with E-state index in [1.807, 2.05) is 53.4 Å². The molecule has 0 aliphatic carbocycles. The van der Waals surface area contributed by atoms with Crippen LogP contribution in [0.4, 0.5) is 0 Å². The number of carbonyl (C=O) groups is 1. The van der Waals surface area contributed by atoms with Crippen LogP contribution in [-0.4, -0.2) is 67.3 Å².